The van der Waals surface area contributed by atoms with E-state index < -0.39 is 0 Å². The van der Waals surface area contributed by atoms with Crippen LogP contribution in [-0.4, -0.2) is 30.2 Å². The molecule has 98 valence electrons. The standard InChI is InChI=1S/C13H16N2O.C2H6/c1-15-8-6-10(7-9-15)13-11-4-2-3-5-12(11)16-14-13;1-2/h2-5,10H,6-9H2,1H3;1-2H3. The van der Waals surface area contributed by atoms with Crippen molar-refractivity contribution in [2.24, 2.45) is 0 Å². The van der Waals surface area contributed by atoms with Gasteiger partial charge in [0.25, 0.3) is 0 Å². The van der Waals surface area contributed by atoms with Crippen molar-refractivity contribution < 1.29 is 4.52 Å². The lowest BCUT2D eigenvalue weighted by molar-refractivity contribution is 0.250. The first-order chi connectivity index (χ1) is 8.84. The number of piperidine rings is 1. The highest BCUT2D eigenvalue weighted by molar-refractivity contribution is 5.79. The monoisotopic (exact) mass is 246 g/mol. The Hall–Kier alpha value is -1.35. The van der Waals surface area contributed by atoms with Gasteiger partial charge in [-0.05, 0) is 45.1 Å². The number of rotatable bonds is 1. The minimum Gasteiger partial charge on any atom is -0.356 e. The van der Waals surface area contributed by atoms with Gasteiger partial charge in [0.2, 0.25) is 0 Å². The van der Waals surface area contributed by atoms with E-state index in [1.54, 1.807) is 0 Å². The van der Waals surface area contributed by atoms with E-state index in [1.165, 1.54) is 18.2 Å². The molecule has 1 aromatic carbocycles. The summed E-state index contributed by atoms with van der Waals surface area (Å²) in [6.07, 6.45) is 2.38. The van der Waals surface area contributed by atoms with E-state index in [9.17, 15) is 0 Å². The molecule has 3 heteroatoms. The van der Waals surface area contributed by atoms with Crippen LogP contribution in [0.1, 0.15) is 38.3 Å². The van der Waals surface area contributed by atoms with Crippen LogP contribution in [0.15, 0.2) is 28.8 Å². The second-order valence-corrected chi connectivity index (χ2v) is 4.64. The van der Waals surface area contributed by atoms with Crippen LogP contribution in [-0.2, 0) is 0 Å². The first-order valence-corrected chi connectivity index (χ1v) is 6.87. The zero-order chi connectivity index (χ0) is 13.0. The molecule has 1 aliphatic rings. The van der Waals surface area contributed by atoms with Crippen LogP contribution < -0.4 is 0 Å². The number of aromatic nitrogens is 1. The van der Waals surface area contributed by atoms with Gasteiger partial charge in [0.05, 0.1) is 5.69 Å². The fraction of sp³-hybridized carbons (Fsp3) is 0.533. The van der Waals surface area contributed by atoms with Gasteiger partial charge < -0.3 is 9.42 Å². The molecule has 3 rings (SSSR count). The molecule has 0 amide bonds. The zero-order valence-electron chi connectivity index (χ0n) is 11.5. The smallest absolute Gasteiger partial charge is 0.167 e. The maximum Gasteiger partial charge on any atom is 0.167 e. The number of likely N-dealkylation sites (tertiary alicyclic amines) is 1. The highest BCUT2D eigenvalue weighted by Gasteiger charge is 2.23. The Morgan fingerprint density at radius 1 is 1.17 bits per heavy atom. The molecule has 1 aromatic heterocycles. The number of fused-ring (bicyclic) bond motifs is 1. The highest BCUT2D eigenvalue weighted by atomic mass is 16.5. The Morgan fingerprint density at radius 3 is 2.56 bits per heavy atom. The largest absolute Gasteiger partial charge is 0.356 e. The van der Waals surface area contributed by atoms with E-state index in [1.807, 2.05) is 26.0 Å². The van der Waals surface area contributed by atoms with Crippen LogP contribution in [0.3, 0.4) is 0 Å². The summed E-state index contributed by atoms with van der Waals surface area (Å²) in [5, 5.41) is 5.44. The van der Waals surface area contributed by atoms with Crippen LogP contribution in [0.2, 0.25) is 0 Å². The molecule has 0 bridgehead atoms. The first-order valence-electron chi connectivity index (χ1n) is 6.87. The molecular weight excluding hydrogens is 224 g/mol. The summed E-state index contributed by atoms with van der Waals surface area (Å²) < 4.78 is 5.37. The molecule has 1 aliphatic heterocycles. The molecule has 1 fully saturated rings. The third-order valence-electron chi connectivity index (χ3n) is 3.51. The summed E-state index contributed by atoms with van der Waals surface area (Å²) in [6, 6.07) is 8.14. The van der Waals surface area contributed by atoms with Crippen LogP contribution in [0.5, 0.6) is 0 Å². The maximum atomic E-state index is 5.37. The van der Waals surface area contributed by atoms with Gasteiger partial charge in [0, 0.05) is 11.3 Å². The van der Waals surface area contributed by atoms with E-state index in [-0.39, 0.29) is 0 Å². The van der Waals surface area contributed by atoms with Gasteiger partial charge in [-0.25, -0.2) is 0 Å². The molecule has 0 radical (unpaired) electrons. The van der Waals surface area contributed by atoms with E-state index in [2.05, 4.69) is 29.2 Å². The lowest BCUT2D eigenvalue weighted by Gasteiger charge is -2.27. The van der Waals surface area contributed by atoms with Gasteiger partial charge in [-0.2, -0.15) is 0 Å². The van der Waals surface area contributed by atoms with Crippen molar-refractivity contribution in [2.45, 2.75) is 32.6 Å². The number of para-hydroxylation sites is 1. The minimum atomic E-state index is 0.569. The van der Waals surface area contributed by atoms with Crippen molar-refractivity contribution in [3.05, 3.63) is 30.0 Å². The Morgan fingerprint density at radius 2 is 1.83 bits per heavy atom. The predicted octanol–water partition coefficient (Wildman–Crippen LogP) is 3.66. The van der Waals surface area contributed by atoms with Crippen LogP contribution in [0.25, 0.3) is 11.0 Å². The lowest BCUT2D eigenvalue weighted by Crippen LogP contribution is -2.29. The summed E-state index contributed by atoms with van der Waals surface area (Å²) in [7, 11) is 2.18. The van der Waals surface area contributed by atoms with E-state index in [0.29, 0.717) is 5.92 Å². The van der Waals surface area contributed by atoms with Crippen molar-refractivity contribution in [3.8, 4) is 0 Å². The summed E-state index contributed by atoms with van der Waals surface area (Å²) >= 11 is 0. The fourth-order valence-electron chi connectivity index (χ4n) is 2.48. The molecule has 2 aromatic rings. The molecular formula is C15H22N2O. The van der Waals surface area contributed by atoms with E-state index in [0.717, 1.165) is 24.4 Å². The molecule has 1 saturated heterocycles. The SMILES string of the molecule is CC.CN1CCC(c2noc3ccccc23)CC1. The Balaban J connectivity index is 0.000000574. The predicted molar refractivity (Wildman–Crippen MR) is 74.8 cm³/mol. The summed E-state index contributed by atoms with van der Waals surface area (Å²) in [6.45, 7) is 6.32. The van der Waals surface area contributed by atoms with Crippen LogP contribution in [0.4, 0.5) is 0 Å². The normalized spacial score (nSPS) is 17.5. The average molecular weight is 246 g/mol. The van der Waals surface area contributed by atoms with Crippen LogP contribution >= 0.6 is 0 Å². The average Bonchev–Trinajstić information content (AvgIpc) is 2.86. The summed E-state index contributed by atoms with van der Waals surface area (Å²) in [4.78, 5) is 2.37. The lowest BCUT2D eigenvalue weighted by atomic mass is 9.92. The molecule has 18 heavy (non-hydrogen) atoms. The van der Waals surface area contributed by atoms with Crippen LogP contribution in [0, 0.1) is 0 Å². The Bertz CT molecular complexity index is 484. The second-order valence-electron chi connectivity index (χ2n) is 4.64. The minimum absolute atomic E-state index is 0.569. The van der Waals surface area contributed by atoms with Crippen molar-refractivity contribution in [2.75, 3.05) is 20.1 Å². The third-order valence-corrected chi connectivity index (χ3v) is 3.51. The van der Waals surface area contributed by atoms with Crippen molar-refractivity contribution >= 4 is 11.0 Å². The topological polar surface area (TPSA) is 29.3 Å². The Kier molecular flexibility index (Phi) is 4.37. The van der Waals surface area contributed by atoms with Crippen molar-refractivity contribution in [3.63, 3.8) is 0 Å². The molecule has 0 unspecified atom stereocenters. The van der Waals surface area contributed by atoms with E-state index >= 15 is 0 Å². The van der Waals surface area contributed by atoms with Gasteiger partial charge >= 0.3 is 0 Å². The fourth-order valence-corrected chi connectivity index (χ4v) is 2.48. The van der Waals surface area contributed by atoms with Gasteiger partial charge in [0.1, 0.15) is 0 Å². The first kappa shape index (κ1) is 13.1. The summed E-state index contributed by atoms with van der Waals surface area (Å²) in [5.74, 6) is 0.569. The molecule has 2 heterocycles. The molecule has 3 nitrogen and oxygen atoms in total. The zero-order valence-corrected chi connectivity index (χ0v) is 11.5. The number of hydrogen-bond donors (Lipinski definition) is 0. The molecule has 0 N–H and O–H groups in total. The number of nitrogens with zero attached hydrogens (tertiary/aromatic N) is 2. The van der Waals surface area contributed by atoms with Gasteiger partial charge in [-0.1, -0.05) is 31.1 Å². The molecule has 0 spiro atoms. The quantitative estimate of drug-likeness (QED) is 0.769. The van der Waals surface area contributed by atoms with Gasteiger partial charge in [0.15, 0.2) is 5.58 Å². The van der Waals surface area contributed by atoms with Crippen molar-refractivity contribution in [1.82, 2.24) is 10.1 Å². The summed E-state index contributed by atoms with van der Waals surface area (Å²) in [5.41, 5.74) is 2.07. The van der Waals surface area contributed by atoms with Gasteiger partial charge in [-0.15, -0.1) is 0 Å². The Labute approximate surface area is 109 Å². The van der Waals surface area contributed by atoms with Gasteiger partial charge in [-0.3, -0.25) is 0 Å². The van der Waals surface area contributed by atoms with Crippen molar-refractivity contribution in [1.29, 1.82) is 0 Å². The van der Waals surface area contributed by atoms with E-state index in [4.69, 9.17) is 4.52 Å². The number of hydrogen-bond acceptors (Lipinski definition) is 3. The maximum absolute atomic E-state index is 5.37. The highest BCUT2D eigenvalue weighted by Crippen LogP contribution is 2.31. The molecule has 0 saturated carbocycles. The number of benzene rings is 1. The molecule has 0 atom stereocenters. The third kappa shape index (κ3) is 2.56. The molecule has 0 aliphatic carbocycles. The second kappa shape index (κ2) is 6.01.